The largest absolute Gasteiger partial charge is 0.339 e. The molecule has 1 amide bonds. The summed E-state index contributed by atoms with van der Waals surface area (Å²) in [5.41, 5.74) is 2.54. The molecule has 0 atom stereocenters. The smallest absolute Gasteiger partial charge is 0.274 e. The number of likely N-dealkylation sites (tertiary alicyclic amines) is 1. The van der Waals surface area contributed by atoms with Gasteiger partial charge in [0.2, 0.25) is 0 Å². The van der Waals surface area contributed by atoms with Crippen LogP contribution in [0.5, 0.6) is 0 Å². The van der Waals surface area contributed by atoms with Crippen molar-refractivity contribution in [3.63, 3.8) is 0 Å². The van der Waals surface area contributed by atoms with Crippen LogP contribution >= 0.6 is 0 Å². The van der Waals surface area contributed by atoms with Crippen LogP contribution in [0, 0.1) is 6.92 Å². The third kappa shape index (κ3) is 3.02. The molecule has 1 aromatic carbocycles. The molecule has 108 valence electrons. The Bertz CT molecular complexity index is 633. The normalized spacial score (nSPS) is 14.2. The van der Waals surface area contributed by atoms with Gasteiger partial charge in [0.1, 0.15) is 11.5 Å². The van der Waals surface area contributed by atoms with E-state index in [0.29, 0.717) is 11.5 Å². The minimum atomic E-state index is -0.0255. The molecule has 5 nitrogen and oxygen atoms in total. The summed E-state index contributed by atoms with van der Waals surface area (Å²) in [5.74, 6) is 0.615. The molecule has 21 heavy (non-hydrogen) atoms. The summed E-state index contributed by atoms with van der Waals surface area (Å²) >= 11 is 0. The number of amides is 1. The highest BCUT2D eigenvalue weighted by molar-refractivity contribution is 5.92. The Morgan fingerprint density at radius 3 is 2.57 bits per heavy atom. The molecule has 0 saturated carbocycles. The average molecular weight is 282 g/mol. The second-order valence-electron chi connectivity index (χ2n) is 5.23. The van der Waals surface area contributed by atoms with Crippen molar-refractivity contribution in [2.24, 2.45) is 0 Å². The highest BCUT2D eigenvalue weighted by Crippen LogP contribution is 2.18. The van der Waals surface area contributed by atoms with Crippen LogP contribution in [0.3, 0.4) is 0 Å². The van der Waals surface area contributed by atoms with E-state index in [2.05, 4.69) is 15.3 Å². The van der Waals surface area contributed by atoms with Gasteiger partial charge in [0.05, 0.1) is 12.4 Å². The topological polar surface area (TPSA) is 58.1 Å². The summed E-state index contributed by atoms with van der Waals surface area (Å²) in [4.78, 5) is 22.5. The van der Waals surface area contributed by atoms with E-state index in [-0.39, 0.29) is 5.91 Å². The van der Waals surface area contributed by atoms with Gasteiger partial charge in [0.25, 0.3) is 5.91 Å². The highest BCUT2D eigenvalue weighted by atomic mass is 16.2. The lowest BCUT2D eigenvalue weighted by atomic mass is 10.2. The SMILES string of the molecule is Cc1ccccc1Nc1cnc(C(=O)N2CCCC2)cn1. The zero-order chi connectivity index (χ0) is 14.7. The Morgan fingerprint density at radius 1 is 1.14 bits per heavy atom. The monoisotopic (exact) mass is 282 g/mol. The zero-order valence-electron chi connectivity index (χ0n) is 12.0. The fourth-order valence-electron chi connectivity index (χ4n) is 2.44. The van der Waals surface area contributed by atoms with Crippen LogP contribution in [0.25, 0.3) is 0 Å². The molecule has 5 heteroatoms. The number of carbonyl (C=O) groups is 1. The van der Waals surface area contributed by atoms with E-state index in [4.69, 9.17) is 0 Å². The second-order valence-corrected chi connectivity index (χ2v) is 5.23. The molecule has 1 aliphatic heterocycles. The van der Waals surface area contributed by atoms with Crippen LogP contribution in [-0.4, -0.2) is 33.9 Å². The van der Waals surface area contributed by atoms with E-state index >= 15 is 0 Å². The van der Waals surface area contributed by atoms with Gasteiger partial charge in [0, 0.05) is 18.8 Å². The summed E-state index contributed by atoms with van der Waals surface area (Å²) in [6.07, 6.45) is 5.30. The summed E-state index contributed by atoms with van der Waals surface area (Å²) in [6, 6.07) is 7.97. The molecule has 2 heterocycles. The van der Waals surface area contributed by atoms with Gasteiger partial charge in [-0.2, -0.15) is 0 Å². The van der Waals surface area contributed by atoms with Crippen LogP contribution < -0.4 is 5.32 Å². The molecule has 0 radical (unpaired) electrons. The number of carbonyl (C=O) groups excluding carboxylic acids is 1. The van der Waals surface area contributed by atoms with E-state index in [1.165, 1.54) is 0 Å². The predicted octanol–water partition coefficient (Wildman–Crippen LogP) is 2.76. The first-order chi connectivity index (χ1) is 10.2. The first-order valence-electron chi connectivity index (χ1n) is 7.18. The lowest BCUT2D eigenvalue weighted by Crippen LogP contribution is -2.28. The van der Waals surface area contributed by atoms with E-state index in [9.17, 15) is 4.79 Å². The Balaban J connectivity index is 1.72. The second kappa shape index (κ2) is 5.91. The molecular weight excluding hydrogens is 264 g/mol. The standard InChI is InChI=1S/C16H18N4O/c1-12-6-2-3-7-13(12)19-15-11-17-14(10-18-15)16(21)20-8-4-5-9-20/h2-3,6-7,10-11H,4-5,8-9H2,1H3,(H,18,19). The zero-order valence-corrected chi connectivity index (χ0v) is 12.0. The number of nitrogens with zero attached hydrogens (tertiary/aromatic N) is 3. The molecule has 0 unspecified atom stereocenters. The van der Waals surface area contributed by atoms with Crippen LogP contribution in [0.2, 0.25) is 0 Å². The van der Waals surface area contributed by atoms with Gasteiger partial charge >= 0.3 is 0 Å². The number of anilines is 2. The van der Waals surface area contributed by atoms with E-state index in [1.54, 1.807) is 12.4 Å². The number of hydrogen-bond acceptors (Lipinski definition) is 4. The molecule has 1 aliphatic rings. The van der Waals surface area contributed by atoms with E-state index in [1.807, 2.05) is 36.1 Å². The molecule has 1 fully saturated rings. The van der Waals surface area contributed by atoms with E-state index < -0.39 is 0 Å². The lowest BCUT2D eigenvalue weighted by Gasteiger charge is -2.14. The quantitative estimate of drug-likeness (QED) is 0.940. The Kier molecular flexibility index (Phi) is 3.81. The minimum Gasteiger partial charge on any atom is -0.339 e. The van der Waals surface area contributed by atoms with Crippen LogP contribution in [0.15, 0.2) is 36.7 Å². The maximum Gasteiger partial charge on any atom is 0.274 e. The number of benzene rings is 1. The highest BCUT2D eigenvalue weighted by Gasteiger charge is 2.20. The third-order valence-electron chi connectivity index (χ3n) is 3.67. The number of para-hydroxylation sites is 1. The molecule has 0 aliphatic carbocycles. The van der Waals surface area contributed by atoms with Crippen LogP contribution in [-0.2, 0) is 0 Å². The van der Waals surface area contributed by atoms with Crippen LogP contribution in [0.1, 0.15) is 28.9 Å². The Morgan fingerprint density at radius 2 is 1.90 bits per heavy atom. The maximum absolute atomic E-state index is 12.2. The Hall–Kier alpha value is -2.43. The Labute approximate surface area is 124 Å². The van der Waals surface area contributed by atoms with Gasteiger partial charge in [0.15, 0.2) is 0 Å². The molecule has 1 aromatic heterocycles. The molecule has 1 N–H and O–H groups in total. The summed E-state index contributed by atoms with van der Waals surface area (Å²) in [5, 5.41) is 3.21. The first-order valence-corrected chi connectivity index (χ1v) is 7.18. The number of aryl methyl sites for hydroxylation is 1. The molecular formula is C16H18N4O. The fraction of sp³-hybridized carbons (Fsp3) is 0.312. The fourth-order valence-corrected chi connectivity index (χ4v) is 2.44. The lowest BCUT2D eigenvalue weighted by molar-refractivity contribution is 0.0786. The number of hydrogen-bond donors (Lipinski definition) is 1. The minimum absolute atomic E-state index is 0.0255. The van der Waals surface area contributed by atoms with Crippen molar-refractivity contribution in [3.8, 4) is 0 Å². The van der Waals surface area contributed by atoms with E-state index in [0.717, 1.165) is 37.2 Å². The van der Waals surface area contributed by atoms with Gasteiger partial charge in [-0.25, -0.2) is 9.97 Å². The summed E-state index contributed by atoms with van der Waals surface area (Å²) in [7, 11) is 0. The molecule has 0 spiro atoms. The van der Waals surface area contributed by atoms with Gasteiger partial charge in [-0.05, 0) is 31.4 Å². The van der Waals surface area contributed by atoms with Crippen LogP contribution in [0.4, 0.5) is 11.5 Å². The molecule has 0 bridgehead atoms. The molecule has 2 aromatic rings. The number of aromatic nitrogens is 2. The number of nitrogens with one attached hydrogen (secondary N) is 1. The van der Waals surface area contributed by atoms with Gasteiger partial charge in [-0.3, -0.25) is 4.79 Å². The predicted molar refractivity (Wildman–Crippen MR) is 81.6 cm³/mol. The maximum atomic E-state index is 12.2. The summed E-state index contributed by atoms with van der Waals surface area (Å²) < 4.78 is 0. The molecule has 1 saturated heterocycles. The number of rotatable bonds is 3. The van der Waals surface area contributed by atoms with Crippen molar-refractivity contribution < 1.29 is 4.79 Å². The third-order valence-corrected chi connectivity index (χ3v) is 3.67. The van der Waals surface area contributed by atoms with Crippen molar-refractivity contribution in [1.29, 1.82) is 0 Å². The summed E-state index contributed by atoms with van der Waals surface area (Å²) in [6.45, 7) is 3.68. The van der Waals surface area contributed by atoms with Gasteiger partial charge in [-0.1, -0.05) is 18.2 Å². The van der Waals surface area contributed by atoms with Crippen molar-refractivity contribution >= 4 is 17.4 Å². The average Bonchev–Trinajstić information content (AvgIpc) is 3.04. The van der Waals surface area contributed by atoms with Gasteiger partial charge in [-0.15, -0.1) is 0 Å². The first kappa shape index (κ1) is 13.5. The van der Waals surface area contributed by atoms with Crippen molar-refractivity contribution in [3.05, 3.63) is 47.9 Å². The van der Waals surface area contributed by atoms with Crippen molar-refractivity contribution in [2.45, 2.75) is 19.8 Å². The van der Waals surface area contributed by atoms with Gasteiger partial charge < -0.3 is 10.2 Å². The van der Waals surface area contributed by atoms with Crippen molar-refractivity contribution in [2.75, 3.05) is 18.4 Å². The van der Waals surface area contributed by atoms with Crippen molar-refractivity contribution in [1.82, 2.24) is 14.9 Å². The molecule has 3 rings (SSSR count).